The molecule has 0 spiro atoms. The average molecular weight is 392 g/mol. The second-order valence-electron chi connectivity index (χ2n) is 8.29. The number of hydrogen-bond donors (Lipinski definition) is 3. The van der Waals surface area contributed by atoms with Gasteiger partial charge in [0.15, 0.2) is 17.1 Å². The maximum Gasteiger partial charge on any atom is 0.331 e. The van der Waals surface area contributed by atoms with E-state index in [0.717, 1.165) is 5.56 Å². The Morgan fingerprint density at radius 2 is 1.68 bits per heavy atom. The standard InChI is InChI=1S/C21H32N2O5/c1-14(2)21(22,19(26)27)18(25)12-11-17(24)16(23-28-20(3,4)5)13-15-9-7-6-8-10-15/h6-10,14,16,23H,11-13,22H2,1-5H3,(H,26,27)/t16-,21-/m0/s1. The van der Waals surface area contributed by atoms with Crippen molar-refractivity contribution in [2.24, 2.45) is 11.7 Å². The van der Waals surface area contributed by atoms with E-state index in [1.807, 2.05) is 51.1 Å². The number of carboxylic acid groups (broad SMARTS) is 1. The number of carbonyl (C=O) groups excluding carboxylic acids is 2. The highest BCUT2D eigenvalue weighted by Gasteiger charge is 2.44. The predicted octanol–water partition coefficient (Wildman–Crippen LogP) is 2.27. The van der Waals surface area contributed by atoms with E-state index in [1.165, 1.54) is 0 Å². The van der Waals surface area contributed by atoms with Crippen molar-refractivity contribution >= 4 is 17.5 Å². The fourth-order valence-electron chi connectivity index (χ4n) is 2.62. The molecule has 28 heavy (non-hydrogen) atoms. The quantitative estimate of drug-likeness (QED) is 0.390. The molecule has 156 valence electrons. The molecule has 0 aliphatic heterocycles. The number of nitrogens with one attached hydrogen (secondary N) is 1. The second kappa shape index (κ2) is 9.91. The molecule has 7 heteroatoms. The fourth-order valence-corrected chi connectivity index (χ4v) is 2.62. The summed E-state index contributed by atoms with van der Waals surface area (Å²) in [6.07, 6.45) is 0.0406. The molecule has 1 aromatic rings. The molecule has 7 nitrogen and oxygen atoms in total. The monoisotopic (exact) mass is 392 g/mol. The van der Waals surface area contributed by atoms with Crippen LogP contribution in [-0.2, 0) is 25.6 Å². The first-order valence-electron chi connectivity index (χ1n) is 9.43. The SMILES string of the molecule is CC(C)[C@@](N)(C(=O)O)C(=O)CCC(=O)[C@H](Cc1ccccc1)NOC(C)(C)C. The zero-order valence-corrected chi connectivity index (χ0v) is 17.3. The number of hydrogen-bond acceptors (Lipinski definition) is 6. The van der Waals surface area contributed by atoms with Gasteiger partial charge in [0, 0.05) is 12.8 Å². The number of ketones is 2. The van der Waals surface area contributed by atoms with Gasteiger partial charge in [0.2, 0.25) is 0 Å². The first-order valence-corrected chi connectivity index (χ1v) is 9.43. The summed E-state index contributed by atoms with van der Waals surface area (Å²) in [5.74, 6) is -2.86. The van der Waals surface area contributed by atoms with E-state index in [2.05, 4.69) is 5.48 Å². The second-order valence-corrected chi connectivity index (χ2v) is 8.29. The third-order valence-corrected chi connectivity index (χ3v) is 4.50. The van der Waals surface area contributed by atoms with Crippen LogP contribution in [0.5, 0.6) is 0 Å². The molecule has 0 heterocycles. The minimum absolute atomic E-state index is 0.115. The molecule has 0 aliphatic rings. The highest BCUT2D eigenvalue weighted by molar-refractivity contribution is 6.08. The van der Waals surface area contributed by atoms with E-state index in [4.69, 9.17) is 10.6 Å². The van der Waals surface area contributed by atoms with Crippen molar-refractivity contribution in [2.75, 3.05) is 0 Å². The number of nitrogens with two attached hydrogens (primary N) is 1. The first kappa shape index (κ1) is 23.9. The zero-order valence-electron chi connectivity index (χ0n) is 17.3. The smallest absolute Gasteiger partial charge is 0.331 e. The van der Waals surface area contributed by atoms with Crippen LogP contribution >= 0.6 is 0 Å². The predicted molar refractivity (Wildman–Crippen MR) is 107 cm³/mol. The van der Waals surface area contributed by atoms with Gasteiger partial charge >= 0.3 is 5.97 Å². The molecule has 0 fully saturated rings. The van der Waals surface area contributed by atoms with Crippen LogP contribution in [0.2, 0.25) is 0 Å². The van der Waals surface area contributed by atoms with Gasteiger partial charge in [0.1, 0.15) is 0 Å². The van der Waals surface area contributed by atoms with Crippen LogP contribution in [0.25, 0.3) is 0 Å². The number of Topliss-reactive ketones (excluding diaryl/α,β-unsaturated/α-hetero) is 2. The Bertz CT molecular complexity index is 682. The van der Waals surface area contributed by atoms with Gasteiger partial charge in [0.25, 0.3) is 0 Å². The Hall–Kier alpha value is -2.09. The summed E-state index contributed by atoms with van der Waals surface area (Å²) in [5, 5.41) is 9.35. The highest BCUT2D eigenvalue weighted by Crippen LogP contribution is 2.19. The van der Waals surface area contributed by atoms with Gasteiger partial charge in [-0.15, -0.1) is 0 Å². The first-order chi connectivity index (χ1) is 12.9. The lowest BCUT2D eigenvalue weighted by atomic mass is 9.81. The molecular weight excluding hydrogens is 360 g/mol. The molecule has 0 aliphatic carbocycles. The Morgan fingerprint density at radius 1 is 1.11 bits per heavy atom. The maximum absolute atomic E-state index is 12.8. The normalized spacial score (nSPS) is 15.1. The van der Waals surface area contributed by atoms with E-state index in [9.17, 15) is 19.5 Å². The van der Waals surface area contributed by atoms with Crippen molar-refractivity contribution < 1.29 is 24.3 Å². The van der Waals surface area contributed by atoms with Gasteiger partial charge in [-0.3, -0.25) is 14.4 Å². The number of carbonyl (C=O) groups is 3. The van der Waals surface area contributed by atoms with Crippen LogP contribution < -0.4 is 11.2 Å². The molecule has 1 aromatic carbocycles. The fraction of sp³-hybridized carbons (Fsp3) is 0.571. The number of hydroxylamine groups is 1. The van der Waals surface area contributed by atoms with Crippen LogP contribution in [0, 0.1) is 5.92 Å². The van der Waals surface area contributed by atoms with Crippen molar-refractivity contribution in [1.29, 1.82) is 0 Å². The Balaban J connectivity index is 2.85. The van der Waals surface area contributed by atoms with Gasteiger partial charge in [-0.2, -0.15) is 5.48 Å². The number of benzene rings is 1. The van der Waals surface area contributed by atoms with E-state index in [0.29, 0.717) is 6.42 Å². The lowest BCUT2D eigenvalue weighted by Crippen LogP contribution is -2.59. The largest absolute Gasteiger partial charge is 0.480 e. The van der Waals surface area contributed by atoms with Crippen LogP contribution in [0.3, 0.4) is 0 Å². The van der Waals surface area contributed by atoms with Gasteiger partial charge in [-0.1, -0.05) is 44.2 Å². The van der Waals surface area contributed by atoms with Gasteiger partial charge in [0.05, 0.1) is 11.6 Å². The molecule has 2 atom stereocenters. The molecule has 1 rings (SSSR count). The summed E-state index contributed by atoms with van der Waals surface area (Å²) in [6.45, 7) is 8.71. The lowest BCUT2D eigenvalue weighted by Gasteiger charge is -2.28. The van der Waals surface area contributed by atoms with Gasteiger partial charge in [-0.25, -0.2) is 4.79 Å². The molecule has 0 unspecified atom stereocenters. The number of rotatable bonds is 11. The van der Waals surface area contributed by atoms with Crippen LogP contribution in [0.1, 0.15) is 53.0 Å². The molecule has 4 N–H and O–H groups in total. The topological polar surface area (TPSA) is 119 Å². The Kier molecular flexibility index (Phi) is 8.48. The number of aliphatic carboxylic acids is 1. The molecule has 0 saturated carbocycles. The lowest BCUT2D eigenvalue weighted by molar-refractivity contribution is -0.151. The molecule has 0 amide bonds. The third-order valence-electron chi connectivity index (χ3n) is 4.50. The molecular formula is C21H32N2O5. The van der Waals surface area contributed by atoms with Crippen molar-refractivity contribution in [1.82, 2.24) is 5.48 Å². The molecule has 0 radical (unpaired) electrons. The van der Waals surface area contributed by atoms with Crippen LogP contribution in [0.15, 0.2) is 30.3 Å². The molecule has 0 saturated heterocycles. The van der Waals surface area contributed by atoms with Crippen molar-refractivity contribution in [2.45, 2.75) is 71.1 Å². The van der Waals surface area contributed by atoms with E-state index < -0.39 is 34.9 Å². The summed E-state index contributed by atoms with van der Waals surface area (Å²) in [4.78, 5) is 42.2. The minimum Gasteiger partial charge on any atom is -0.480 e. The van der Waals surface area contributed by atoms with Crippen molar-refractivity contribution in [3.8, 4) is 0 Å². The van der Waals surface area contributed by atoms with Crippen LogP contribution in [0.4, 0.5) is 0 Å². The average Bonchev–Trinajstić information content (AvgIpc) is 2.61. The third kappa shape index (κ3) is 6.82. The Labute approximate surface area is 166 Å². The van der Waals surface area contributed by atoms with Gasteiger partial charge in [-0.05, 0) is 38.7 Å². The number of carboxylic acids is 1. The summed E-state index contributed by atoms with van der Waals surface area (Å²) >= 11 is 0. The minimum atomic E-state index is -2.00. The molecule has 0 aromatic heterocycles. The van der Waals surface area contributed by atoms with E-state index in [1.54, 1.807) is 13.8 Å². The van der Waals surface area contributed by atoms with Crippen molar-refractivity contribution in [3.63, 3.8) is 0 Å². The maximum atomic E-state index is 12.8. The summed E-state index contributed by atoms with van der Waals surface area (Å²) < 4.78 is 0. The summed E-state index contributed by atoms with van der Waals surface area (Å²) in [6, 6.07) is 8.78. The van der Waals surface area contributed by atoms with E-state index >= 15 is 0 Å². The highest BCUT2D eigenvalue weighted by atomic mass is 16.7. The zero-order chi connectivity index (χ0) is 21.5. The molecule has 0 bridgehead atoms. The Morgan fingerprint density at radius 3 is 2.14 bits per heavy atom. The van der Waals surface area contributed by atoms with Crippen molar-refractivity contribution in [3.05, 3.63) is 35.9 Å². The summed E-state index contributed by atoms with van der Waals surface area (Å²) in [5.41, 5.74) is 7.08. The van der Waals surface area contributed by atoms with Crippen LogP contribution in [-0.4, -0.2) is 39.8 Å². The van der Waals surface area contributed by atoms with Gasteiger partial charge < -0.3 is 10.8 Å². The summed E-state index contributed by atoms with van der Waals surface area (Å²) in [7, 11) is 0. The van der Waals surface area contributed by atoms with E-state index in [-0.39, 0.29) is 18.6 Å².